The van der Waals surface area contributed by atoms with Crippen LogP contribution >= 0.6 is 0 Å². The van der Waals surface area contributed by atoms with Crippen molar-refractivity contribution < 1.29 is 14.6 Å². The number of carboxylic acid groups (broad SMARTS) is 1. The van der Waals surface area contributed by atoms with Crippen molar-refractivity contribution in [2.45, 2.75) is 26.3 Å². The van der Waals surface area contributed by atoms with Crippen LogP contribution in [0.1, 0.15) is 24.9 Å². The molecule has 0 aliphatic carbocycles. The third-order valence-electron chi connectivity index (χ3n) is 2.63. The fraction of sp³-hybridized carbons (Fsp3) is 0.417. The van der Waals surface area contributed by atoms with Gasteiger partial charge < -0.3 is 14.8 Å². The number of rotatable bonds is 7. The summed E-state index contributed by atoms with van der Waals surface area (Å²) in [5, 5.41) is 19.5. The number of tetrazole rings is 1. The molecule has 2 N–H and O–H groups in total. The molecule has 2 rings (SSSR count). The number of carbonyl (C=O) groups is 1. The van der Waals surface area contributed by atoms with Crippen molar-refractivity contribution in [3.63, 3.8) is 0 Å². The van der Waals surface area contributed by atoms with E-state index < -0.39 is 5.97 Å². The molecule has 0 aromatic carbocycles. The smallest absolute Gasteiger partial charge is 0.311 e. The topological polar surface area (TPSA) is 123 Å². The van der Waals surface area contributed by atoms with Crippen LogP contribution in [0.2, 0.25) is 0 Å². The Morgan fingerprint density at radius 3 is 3.00 bits per heavy atom. The molecule has 0 radical (unpaired) electrons. The van der Waals surface area contributed by atoms with Crippen molar-refractivity contribution in [2.75, 3.05) is 6.61 Å². The van der Waals surface area contributed by atoms with Crippen molar-refractivity contribution in [3.8, 4) is 5.75 Å². The number of ether oxygens (including phenoxy) is 1. The lowest BCUT2D eigenvalue weighted by molar-refractivity contribution is -0.136. The minimum Gasteiger partial charge on any atom is -0.488 e. The molecule has 0 amide bonds. The summed E-state index contributed by atoms with van der Waals surface area (Å²) in [5.41, 5.74) is 0.313. The van der Waals surface area contributed by atoms with Gasteiger partial charge in [0.15, 0.2) is 11.6 Å². The number of nitrogens with one attached hydrogen (secondary N) is 1. The summed E-state index contributed by atoms with van der Waals surface area (Å²) in [4.78, 5) is 25.4. The minimum absolute atomic E-state index is 0.179. The molecule has 0 fully saturated rings. The van der Waals surface area contributed by atoms with E-state index in [4.69, 9.17) is 9.84 Å². The maximum Gasteiger partial charge on any atom is 0.311 e. The summed E-state index contributed by atoms with van der Waals surface area (Å²) in [5.74, 6) is -0.555. The zero-order valence-electron chi connectivity index (χ0n) is 11.4. The summed E-state index contributed by atoms with van der Waals surface area (Å²) < 4.78 is 6.61. The van der Waals surface area contributed by atoms with Gasteiger partial charge in [-0.1, -0.05) is 6.92 Å². The number of nitrogens with zero attached hydrogens (tertiary/aromatic N) is 4. The fourth-order valence-corrected chi connectivity index (χ4v) is 1.69. The monoisotopic (exact) mass is 293 g/mol. The molecule has 0 unspecified atom stereocenters. The number of aromatic nitrogens is 5. The maximum atomic E-state index is 11.8. The van der Waals surface area contributed by atoms with Crippen molar-refractivity contribution in [3.05, 3.63) is 34.0 Å². The highest BCUT2D eigenvalue weighted by molar-refractivity contribution is 5.68. The largest absolute Gasteiger partial charge is 0.488 e. The summed E-state index contributed by atoms with van der Waals surface area (Å²) >= 11 is 0. The molecule has 112 valence electrons. The average Bonchev–Trinajstić information content (AvgIpc) is 2.84. The molecule has 9 heteroatoms. The van der Waals surface area contributed by atoms with Gasteiger partial charge in [-0.25, -0.2) is 4.68 Å². The van der Waals surface area contributed by atoms with Crippen LogP contribution in [0.25, 0.3) is 0 Å². The molecule has 9 nitrogen and oxygen atoms in total. The molecule has 2 aromatic rings. The van der Waals surface area contributed by atoms with E-state index in [9.17, 15) is 9.59 Å². The van der Waals surface area contributed by atoms with Crippen LogP contribution < -0.4 is 10.2 Å². The number of hydrogen-bond acceptors (Lipinski definition) is 6. The predicted molar refractivity (Wildman–Crippen MR) is 71.1 cm³/mol. The van der Waals surface area contributed by atoms with Crippen LogP contribution in [0.3, 0.4) is 0 Å². The van der Waals surface area contributed by atoms with Crippen molar-refractivity contribution >= 4 is 5.97 Å². The number of pyridine rings is 1. The summed E-state index contributed by atoms with van der Waals surface area (Å²) in [6.07, 6.45) is 2.01. The van der Waals surface area contributed by atoms with Gasteiger partial charge in [0.1, 0.15) is 6.42 Å². The van der Waals surface area contributed by atoms with E-state index in [1.165, 1.54) is 16.9 Å². The molecular weight excluding hydrogens is 278 g/mol. The second-order valence-electron chi connectivity index (χ2n) is 4.36. The van der Waals surface area contributed by atoms with Gasteiger partial charge in [-0.15, -0.1) is 5.10 Å². The minimum atomic E-state index is -1.03. The van der Waals surface area contributed by atoms with E-state index in [2.05, 4.69) is 20.5 Å². The second kappa shape index (κ2) is 6.64. The predicted octanol–water partition coefficient (Wildman–Crippen LogP) is -0.174. The van der Waals surface area contributed by atoms with Crippen LogP contribution in [-0.2, 0) is 17.8 Å². The first kappa shape index (κ1) is 14.7. The molecule has 2 heterocycles. The molecule has 2 aromatic heterocycles. The molecule has 0 spiro atoms. The van der Waals surface area contributed by atoms with Crippen molar-refractivity contribution in [1.82, 2.24) is 25.2 Å². The number of hydrogen-bond donors (Lipinski definition) is 2. The van der Waals surface area contributed by atoms with Gasteiger partial charge in [-0.3, -0.25) is 9.59 Å². The maximum absolute atomic E-state index is 11.8. The Morgan fingerprint density at radius 1 is 1.52 bits per heavy atom. The summed E-state index contributed by atoms with van der Waals surface area (Å²) in [6, 6.07) is 1.39. The van der Waals surface area contributed by atoms with Crippen LogP contribution in [0.15, 0.2) is 17.1 Å². The quantitative estimate of drug-likeness (QED) is 0.726. The molecule has 0 atom stereocenters. The first-order valence-corrected chi connectivity index (χ1v) is 6.41. The van der Waals surface area contributed by atoms with E-state index in [1.54, 1.807) is 0 Å². The van der Waals surface area contributed by atoms with Crippen LogP contribution in [-0.4, -0.2) is 42.9 Å². The van der Waals surface area contributed by atoms with Crippen LogP contribution in [0, 0.1) is 0 Å². The van der Waals surface area contributed by atoms with E-state index in [-0.39, 0.29) is 30.0 Å². The van der Waals surface area contributed by atoms with Crippen LogP contribution in [0.5, 0.6) is 5.75 Å². The Bertz CT molecular complexity index is 678. The highest BCUT2D eigenvalue weighted by Crippen LogP contribution is 2.05. The normalized spacial score (nSPS) is 10.5. The molecule has 0 saturated carbocycles. The molecule has 21 heavy (non-hydrogen) atoms. The number of H-pyrrole nitrogens is 1. The van der Waals surface area contributed by atoms with Gasteiger partial charge in [0.25, 0.3) is 0 Å². The van der Waals surface area contributed by atoms with Gasteiger partial charge in [-0.2, -0.15) is 0 Å². The fourth-order valence-electron chi connectivity index (χ4n) is 1.69. The van der Waals surface area contributed by atoms with Gasteiger partial charge >= 0.3 is 5.97 Å². The van der Waals surface area contributed by atoms with Gasteiger partial charge in [0.2, 0.25) is 5.43 Å². The number of carboxylic acids is 1. The average molecular weight is 293 g/mol. The third kappa shape index (κ3) is 3.88. The Hall–Kier alpha value is -2.71. The zero-order chi connectivity index (χ0) is 15.2. The van der Waals surface area contributed by atoms with Gasteiger partial charge in [-0.05, 0) is 16.8 Å². The Labute approximate surface area is 119 Å². The van der Waals surface area contributed by atoms with E-state index >= 15 is 0 Å². The van der Waals surface area contributed by atoms with Gasteiger partial charge in [0, 0.05) is 18.0 Å². The van der Waals surface area contributed by atoms with Crippen LogP contribution in [0.4, 0.5) is 0 Å². The Morgan fingerprint density at radius 2 is 2.33 bits per heavy atom. The lowest BCUT2D eigenvalue weighted by atomic mass is 10.3. The SMILES string of the molecule is CCCOc1c[nH]c(Cn2nnnc2CC(=O)O)cc1=O. The van der Waals surface area contributed by atoms with Crippen molar-refractivity contribution in [2.24, 2.45) is 0 Å². The van der Waals surface area contributed by atoms with Gasteiger partial charge in [0.05, 0.1) is 13.2 Å². The molecule has 0 aliphatic heterocycles. The lowest BCUT2D eigenvalue weighted by Gasteiger charge is -2.06. The van der Waals surface area contributed by atoms with Crippen molar-refractivity contribution in [1.29, 1.82) is 0 Å². The Kier molecular flexibility index (Phi) is 4.64. The summed E-state index contributed by atoms with van der Waals surface area (Å²) in [7, 11) is 0. The van der Waals surface area contributed by atoms with E-state index in [0.717, 1.165) is 6.42 Å². The standard InChI is InChI=1S/C12H15N5O4/c1-2-3-21-10-6-13-8(4-9(10)18)7-17-11(5-12(19)20)14-15-16-17/h4,6H,2-3,5,7H2,1H3,(H,13,18)(H,19,20). The van der Waals surface area contributed by atoms with E-state index in [0.29, 0.717) is 12.3 Å². The highest BCUT2D eigenvalue weighted by Gasteiger charge is 2.11. The zero-order valence-corrected chi connectivity index (χ0v) is 11.4. The molecule has 0 aliphatic rings. The highest BCUT2D eigenvalue weighted by atomic mass is 16.5. The lowest BCUT2D eigenvalue weighted by Crippen LogP contribution is -2.15. The first-order valence-electron chi connectivity index (χ1n) is 6.41. The summed E-state index contributed by atoms with van der Waals surface area (Å²) in [6.45, 7) is 2.60. The second-order valence-corrected chi connectivity index (χ2v) is 4.36. The molecular formula is C12H15N5O4. The molecule has 0 bridgehead atoms. The first-order chi connectivity index (χ1) is 10.1. The third-order valence-corrected chi connectivity index (χ3v) is 2.63. The Balaban J connectivity index is 2.13. The molecule has 0 saturated heterocycles. The number of aromatic amines is 1. The van der Waals surface area contributed by atoms with E-state index in [1.807, 2.05) is 6.92 Å². The number of aliphatic carboxylic acids is 1.